The number of hydrogen-bond acceptors (Lipinski definition) is 3. The predicted octanol–water partition coefficient (Wildman–Crippen LogP) is 2.38. The molecule has 0 amide bonds. The Morgan fingerprint density at radius 2 is 2.17 bits per heavy atom. The molecular weight excluding hydrogens is 226 g/mol. The minimum Gasteiger partial charge on any atom is -0.379 e. The Morgan fingerprint density at radius 1 is 1.33 bits per heavy atom. The van der Waals surface area contributed by atoms with E-state index in [0.717, 1.165) is 37.0 Å². The zero-order valence-corrected chi connectivity index (χ0v) is 10.5. The first-order valence-corrected chi connectivity index (χ1v) is 6.28. The Morgan fingerprint density at radius 3 is 2.89 bits per heavy atom. The van der Waals surface area contributed by atoms with Crippen molar-refractivity contribution in [2.45, 2.75) is 19.4 Å². The number of nitrogens with zero attached hydrogens (tertiary/aromatic N) is 2. The number of aryl methyl sites for hydroxylation is 1. The topological polar surface area (TPSA) is 39.1 Å². The summed E-state index contributed by atoms with van der Waals surface area (Å²) in [5.74, 6) is 0.897. The molecular formula is C14H17N3O. The molecule has 3 rings (SSSR count). The maximum absolute atomic E-state index is 5.38. The summed E-state index contributed by atoms with van der Waals surface area (Å²) in [6.07, 6.45) is 3.09. The lowest BCUT2D eigenvalue weighted by Gasteiger charge is -2.13. The number of nitrogens with one attached hydrogen (secondary N) is 1. The third kappa shape index (κ3) is 2.24. The number of hydrogen-bond donors (Lipinski definition) is 1. The van der Waals surface area contributed by atoms with Crippen molar-refractivity contribution in [1.82, 2.24) is 9.55 Å². The summed E-state index contributed by atoms with van der Waals surface area (Å²) in [6.45, 7) is 3.61. The maximum Gasteiger partial charge on any atom is 0.208 e. The molecule has 1 atom stereocenters. The lowest BCUT2D eigenvalue weighted by molar-refractivity contribution is 0.195. The molecule has 2 aromatic rings. The molecule has 0 spiro atoms. The molecule has 2 heterocycles. The van der Waals surface area contributed by atoms with E-state index in [0.29, 0.717) is 6.04 Å². The number of para-hydroxylation sites is 1. The first-order chi connectivity index (χ1) is 8.83. The van der Waals surface area contributed by atoms with Crippen molar-refractivity contribution in [3.63, 3.8) is 0 Å². The summed E-state index contributed by atoms with van der Waals surface area (Å²) in [5, 5.41) is 3.46. The van der Waals surface area contributed by atoms with E-state index in [1.54, 1.807) is 0 Å². The molecule has 1 aliphatic heterocycles. The van der Waals surface area contributed by atoms with Gasteiger partial charge in [0.05, 0.1) is 18.3 Å². The van der Waals surface area contributed by atoms with E-state index in [9.17, 15) is 0 Å². The van der Waals surface area contributed by atoms with E-state index in [1.807, 2.05) is 31.3 Å². The highest BCUT2D eigenvalue weighted by Crippen LogP contribution is 2.18. The van der Waals surface area contributed by atoms with E-state index >= 15 is 0 Å². The maximum atomic E-state index is 5.38. The van der Waals surface area contributed by atoms with Gasteiger partial charge in [-0.1, -0.05) is 18.2 Å². The number of ether oxygens (including phenoxy) is 1. The molecule has 1 aliphatic rings. The van der Waals surface area contributed by atoms with Gasteiger partial charge in [-0.3, -0.25) is 4.57 Å². The van der Waals surface area contributed by atoms with Crippen molar-refractivity contribution in [1.29, 1.82) is 0 Å². The third-order valence-corrected chi connectivity index (χ3v) is 3.12. The van der Waals surface area contributed by atoms with Crippen LogP contribution in [0.15, 0.2) is 36.5 Å². The Labute approximate surface area is 107 Å². The average Bonchev–Trinajstić information content (AvgIpc) is 3.01. The van der Waals surface area contributed by atoms with E-state index in [2.05, 4.69) is 27.0 Å². The minimum atomic E-state index is 0.370. The third-order valence-electron chi connectivity index (χ3n) is 3.12. The van der Waals surface area contributed by atoms with Crippen LogP contribution in [0.1, 0.15) is 12.1 Å². The normalized spacial score (nSPS) is 19.1. The highest BCUT2D eigenvalue weighted by molar-refractivity contribution is 5.43. The van der Waals surface area contributed by atoms with Gasteiger partial charge in [-0.25, -0.2) is 4.98 Å². The highest BCUT2D eigenvalue weighted by atomic mass is 16.5. The van der Waals surface area contributed by atoms with Crippen LogP contribution in [0.5, 0.6) is 0 Å². The molecule has 1 saturated heterocycles. The fourth-order valence-corrected chi connectivity index (χ4v) is 2.22. The Bertz CT molecular complexity index is 515. The number of benzene rings is 1. The van der Waals surface area contributed by atoms with E-state index in [4.69, 9.17) is 4.74 Å². The highest BCUT2D eigenvalue weighted by Gasteiger charge is 2.18. The molecule has 0 aliphatic carbocycles. The summed E-state index contributed by atoms with van der Waals surface area (Å²) in [7, 11) is 0. The molecule has 0 radical (unpaired) electrons. The van der Waals surface area contributed by atoms with Crippen LogP contribution < -0.4 is 5.32 Å². The van der Waals surface area contributed by atoms with Crippen molar-refractivity contribution < 1.29 is 4.74 Å². The van der Waals surface area contributed by atoms with Crippen molar-refractivity contribution >= 4 is 5.95 Å². The van der Waals surface area contributed by atoms with E-state index < -0.39 is 0 Å². The van der Waals surface area contributed by atoms with Gasteiger partial charge in [0.2, 0.25) is 5.95 Å². The van der Waals surface area contributed by atoms with Crippen LogP contribution in [-0.2, 0) is 4.74 Å². The van der Waals surface area contributed by atoms with Gasteiger partial charge in [0.1, 0.15) is 0 Å². The second-order valence-electron chi connectivity index (χ2n) is 4.62. The van der Waals surface area contributed by atoms with E-state index in [-0.39, 0.29) is 0 Å². The van der Waals surface area contributed by atoms with Crippen molar-refractivity contribution in [3.05, 3.63) is 42.2 Å². The summed E-state index contributed by atoms with van der Waals surface area (Å²) in [4.78, 5) is 4.55. The number of imidazole rings is 1. The summed E-state index contributed by atoms with van der Waals surface area (Å²) in [6, 6.07) is 10.6. The molecule has 94 valence electrons. The van der Waals surface area contributed by atoms with Crippen LogP contribution in [0.3, 0.4) is 0 Å². The second-order valence-corrected chi connectivity index (χ2v) is 4.62. The van der Waals surface area contributed by atoms with Crippen LogP contribution in [0.4, 0.5) is 5.95 Å². The number of anilines is 1. The smallest absolute Gasteiger partial charge is 0.208 e. The van der Waals surface area contributed by atoms with Crippen LogP contribution in [0, 0.1) is 6.92 Å². The molecule has 1 N–H and O–H groups in total. The lowest BCUT2D eigenvalue weighted by Crippen LogP contribution is -2.21. The number of aromatic nitrogens is 2. The molecule has 1 aromatic heterocycles. The largest absolute Gasteiger partial charge is 0.379 e. The van der Waals surface area contributed by atoms with Gasteiger partial charge in [0.15, 0.2) is 0 Å². The van der Waals surface area contributed by atoms with Crippen LogP contribution >= 0.6 is 0 Å². The zero-order chi connectivity index (χ0) is 12.4. The van der Waals surface area contributed by atoms with Gasteiger partial charge in [-0.05, 0) is 25.5 Å². The molecule has 4 heteroatoms. The van der Waals surface area contributed by atoms with Gasteiger partial charge in [0, 0.05) is 18.5 Å². The second kappa shape index (κ2) is 4.82. The molecule has 0 bridgehead atoms. The monoisotopic (exact) mass is 243 g/mol. The van der Waals surface area contributed by atoms with Crippen LogP contribution in [0.25, 0.3) is 5.69 Å². The molecule has 4 nitrogen and oxygen atoms in total. The number of rotatable bonds is 3. The van der Waals surface area contributed by atoms with Crippen LogP contribution in [0.2, 0.25) is 0 Å². The SMILES string of the molecule is Cc1cn(-c2ccccc2)c(NC2CCOC2)n1. The van der Waals surface area contributed by atoms with Gasteiger partial charge in [-0.15, -0.1) is 0 Å². The quantitative estimate of drug-likeness (QED) is 0.899. The van der Waals surface area contributed by atoms with Gasteiger partial charge >= 0.3 is 0 Å². The van der Waals surface area contributed by atoms with Crippen molar-refractivity contribution in [2.75, 3.05) is 18.5 Å². The molecule has 18 heavy (non-hydrogen) atoms. The Kier molecular flexibility index (Phi) is 3.02. The standard InChI is InChI=1S/C14H17N3O/c1-11-9-17(13-5-3-2-4-6-13)14(15-11)16-12-7-8-18-10-12/h2-6,9,12H,7-8,10H2,1H3,(H,15,16). The van der Waals surface area contributed by atoms with E-state index in [1.165, 1.54) is 0 Å². The zero-order valence-electron chi connectivity index (χ0n) is 10.5. The van der Waals surface area contributed by atoms with Gasteiger partial charge < -0.3 is 10.1 Å². The van der Waals surface area contributed by atoms with Crippen molar-refractivity contribution in [3.8, 4) is 5.69 Å². The Hall–Kier alpha value is -1.81. The summed E-state index contributed by atoms with van der Waals surface area (Å²) < 4.78 is 7.47. The van der Waals surface area contributed by atoms with Crippen LogP contribution in [-0.4, -0.2) is 28.8 Å². The fourth-order valence-electron chi connectivity index (χ4n) is 2.22. The predicted molar refractivity (Wildman–Crippen MR) is 71.1 cm³/mol. The molecule has 0 saturated carbocycles. The lowest BCUT2D eigenvalue weighted by atomic mass is 10.3. The summed E-state index contributed by atoms with van der Waals surface area (Å²) in [5.41, 5.74) is 2.14. The van der Waals surface area contributed by atoms with Gasteiger partial charge in [0.25, 0.3) is 0 Å². The fraction of sp³-hybridized carbons (Fsp3) is 0.357. The molecule has 1 unspecified atom stereocenters. The summed E-state index contributed by atoms with van der Waals surface area (Å²) >= 11 is 0. The minimum absolute atomic E-state index is 0.370. The van der Waals surface area contributed by atoms with Gasteiger partial charge in [-0.2, -0.15) is 0 Å². The first-order valence-electron chi connectivity index (χ1n) is 6.28. The molecule has 1 aromatic carbocycles. The molecule has 1 fully saturated rings. The Balaban J connectivity index is 1.89. The van der Waals surface area contributed by atoms with Crippen molar-refractivity contribution in [2.24, 2.45) is 0 Å². The average molecular weight is 243 g/mol. The first kappa shape index (κ1) is 11.3.